The van der Waals surface area contributed by atoms with Gasteiger partial charge in [-0.25, -0.2) is 0 Å². The van der Waals surface area contributed by atoms with E-state index in [1.807, 2.05) is 11.3 Å². The Morgan fingerprint density at radius 1 is 1.35 bits per heavy atom. The van der Waals surface area contributed by atoms with Gasteiger partial charge in [0.25, 0.3) is 0 Å². The second kappa shape index (κ2) is 4.78. The van der Waals surface area contributed by atoms with Crippen LogP contribution in [-0.2, 0) is 6.54 Å². The molecule has 92 valence electrons. The fourth-order valence-corrected chi connectivity index (χ4v) is 3.92. The van der Waals surface area contributed by atoms with Crippen molar-refractivity contribution in [1.29, 1.82) is 0 Å². The molecule has 0 unspecified atom stereocenters. The largest absolute Gasteiger partial charge is 0.411 e. The Bertz CT molecular complexity index is 386. The monoisotopic (exact) mass is 250 g/mol. The molecule has 2 saturated heterocycles. The molecule has 2 aliphatic heterocycles. The van der Waals surface area contributed by atoms with Crippen LogP contribution >= 0.6 is 11.3 Å². The van der Waals surface area contributed by atoms with Crippen molar-refractivity contribution >= 4 is 17.0 Å². The lowest BCUT2D eigenvalue weighted by Gasteiger charge is -2.46. The minimum Gasteiger partial charge on any atom is -0.411 e. The zero-order chi connectivity index (χ0) is 11.7. The molecule has 2 aliphatic rings. The standard InChI is InChI=1S/C13H18N2OS/c16-14-10-7-11-3-1-4-12(8-10)15(11)9-13-5-2-6-17-13/h2,5-6,11-12,16H,1,3-4,7-9H2/t11-,12-/m1/s1. The third-order valence-corrected chi connectivity index (χ3v) is 4.88. The molecule has 4 heteroatoms. The molecule has 1 aromatic rings. The summed E-state index contributed by atoms with van der Waals surface area (Å²) in [6, 6.07) is 5.53. The maximum atomic E-state index is 8.96. The van der Waals surface area contributed by atoms with Gasteiger partial charge in [-0.15, -0.1) is 11.3 Å². The van der Waals surface area contributed by atoms with Crippen LogP contribution in [0.15, 0.2) is 22.7 Å². The van der Waals surface area contributed by atoms with Crippen LogP contribution < -0.4 is 0 Å². The first-order valence-corrected chi connectivity index (χ1v) is 7.22. The highest BCUT2D eigenvalue weighted by Crippen LogP contribution is 2.34. The normalized spacial score (nSPS) is 29.3. The van der Waals surface area contributed by atoms with Crippen molar-refractivity contribution in [3.63, 3.8) is 0 Å². The minimum absolute atomic E-state index is 0.593. The predicted molar refractivity (Wildman–Crippen MR) is 69.7 cm³/mol. The minimum atomic E-state index is 0.593. The Labute approximate surface area is 106 Å². The molecule has 0 aromatic carbocycles. The van der Waals surface area contributed by atoms with Gasteiger partial charge in [0.15, 0.2) is 0 Å². The van der Waals surface area contributed by atoms with Gasteiger partial charge in [-0.3, -0.25) is 4.90 Å². The van der Waals surface area contributed by atoms with Gasteiger partial charge in [0, 0.05) is 36.3 Å². The van der Waals surface area contributed by atoms with Crippen molar-refractivity contribution in [3.05, 3.63) is 22.4 Å². The van der Waals surface area contributed by atoms with Crippen LogP contribution in [-0.4, -0.2) is 27.9 Å². The first kappa shape index (κ1) is 11.2. The Kier molecular flexibility index (Phi) is 3.16. The molecule has 1 aromatic heterocycles. The van der Waals surface area contributed by atoms with Gasteiger partial charge in [0.2, 0.25) is 0 Å². The molecular weight excluding hydrogens is 232 g/mol. The molecule has 0 aliphatic carbocycles. The van der Waals surface area contributed by atoms with Gasteiger partial charge >= 0.3 is 0 Å². The molecule has 0 saturated carbocycles. The van der Waals surface area contributed by atoms with Crippen LogP contribution in [0.1, 0.15) is 37.0 Å². The van der Waals surface area contributed by atoms with E-state index in [1.165, 1.54) is 24.1 Å². The Balaban J connectivity index is 1.76. The maximum absolute atomic E-state index is 8.96. The number of piperidine rings is 2. The molecule has 3 heterocycles. The van der Waals surface area contributed by atoms with Gasteiger partial charge < -0.3 is 5.21 Å². The Hall–Kier alpha value is -0.870. The summed E-state index contributed by atoms with van der Waals surface area (Å²) in [5.41, 5.74) is 1.00. The van der Waals surface area contributed by atoms with Gasteiger partial charge in [-0.05, 0) is 24.3 Å². The van der Waals surface area contributed by atoms with E-state index in [1.54, 1.807) is 0 Å². The van der Waals surface area contributed by atoms with Gasteiger partial charge in [-0.1, -0.05) is 17.6 Å². The van der Waals surface area contributed by atoms with Crippen molar-refractivity contribution in [2.24, 2.45) is 5.16 Å². The Morgan fingerprint density at radius 2 is 2.12 bits per heavy atom. The van der Waals surface area contributed by atoms with E-state index >= 15 is 0 Å². The van der Waals surface area contributed by atoms with Crippen LogP contribution in [0.3, 0.4) is 0 Å². The van der Waals surface area contributed by atoms with Crippen LogP contribution in [0.25, 0.3) is 0 Å². The summed E-state index contributed by atoms with van der Waals surface area (Å²) < 4.78 is 0. The van der Waals surface area contributed by atoms with E-state index in [0.717, 1.165) is 25.1 Å². The first-order chi connectivity index (χ1) is 8.36. The number of hydrogen-bond acceptors (Lipinski definition) is 4. The van der Waals surface area contributed by atoms with Gasteiger partial charge in [0.05, 0.1) is 5.71 Å². The van der Waals surface area contributed by atoms with Crippen molar-refractivity contribution in [1.82, 2.24) is 4.90 Å². The van der Waals surface area contributed by atoms with E-state index in [4.69, 9.17) is 5.21 Å². The predicted octanol–water partition coefficient (Wildman–Crippen LogP) is 3.10. The number of nitrogens with zero attached hydrogens (tertiary/aromatic N) is 2. The summed E-state index contributed by atoms with van der Waals surface area (Å²) in [5.74, 6) is 0. The average molecular weight is 250 g/mol. The van der Waals surface area contributed by atoms with Gasteiger partial charge in [-0.2, -0.15) is 0 Å². The summed E-state index contributed by atoms with van der Waals surface area (Å²) in [6.45, 7) is 1.08. The topological polar surface area (TPSA) is 35.8 Å². The van der Waals surface area contributed by atoms with Crippen LogP contribution in [0.4, 0.5) is 0 Å². The quantitative estimate of drug-likeness (QED) is 0.646. The highest BCUT2D eigenvalue weighted by atomic mass is 32.1. The summed E-state index contributed by atoms with van der Waals surface area (Å²) in [5, 5.41) is 14.6. The van der Waals surface area contributed by atoms with E-state index in [9.17, 15) is 0 Å². The fourth-order valence-electron chi connectivity index (χ4n) is 3.21. The lowest BCUT2D eigenvalue weighted by Crippen LogP contribution is -2.51. The smallest absolute Gasteiger partial charge is 0.0601 e. The lowest BCUT2D eigenvalue weighted by atomic mass is 9.83. The van der Waals surface area contributed by atoms with Gasteiger partial charge in [0.1, 0.15) is 0 Å². The van der Waals surface area contributed by atoms with E-state index in [-0.39, 0.29) is 0 Å². The molecule has 17 heavy (non-hydrogen) atoms. The second-order valence-electron chi connectivity index (χ2n) is 5.06. The zero-order valence-electron chi connectivity index (χ0n) is 9.88. The van der Waals surface area contributed by atoms with Crippen LogP contribution in [0.2, 0.25) is 0 Å². The summed E-state index contributed by atoms with van der Waals surface area (Å²) in [6.07, 6.45) is 5.74. The van der Waals surface area contributed by atoms with Crippen LogP contribution in [0, 0.1) is 0 Å². The van der Waals surface area contributed by atoms with E-state index in [0.29, 0.717) is 12.1 Å². The number of rotatable bonds is 2. The van der Waals surface area contributed by atoms with E-state index in [2.05, 4.69) is 27.6 Å². The third-order valence-electron chi connectivity index (χ3n) is 4.02. The first-order valence-electron chi connectivity index (χ1n) is 6.35. The third kappa shape index (κ3) is 2.24. The molecule has 0 radical (unpaired) electrons. The van der Waals surface area contributed by atoms with E-state index < -0.39 is 0 Å². The summed E-state index contributed by atoms with van der Waals surface area (Å²) in [7, 11) is 0. The molecule has 2 bridgehead atoms. The molecule has 0 spiro atoms. The van der Waals surface area contributed by atoms with Crippen molar-refractivity contribution in [3.8, 4) is 0 Å². The number of fused-ring (bicyclic) bond motifs is 2. The Morgan fingerprint density at radius 3 is 2.71 bits per heavy atom. The number of thiophene rings is 1. The molecule has 3 rings (SSSR count). The molecule has 0 amide bonds. The fraction of sp³-hybridized carbons (Fsp3) is 0.615. The second-order valence-corrected chi connectivity index (χ2v) is 6.10. The highest BCUT2D eigenvalue weighted by molar-refractivity contribution is 7.09. The SMILES string of the molecule is ON=C1C[C@H]2CCC[C@H](C1)N2Cc1cccs1. The molecule has 2 atom stereocenters. The zero-order valence-corrected chi connectivity index (χ0v) is 10.7. The van der Waals surface area contributed by atoms with Crippen LogP contribution in [0.5, 0.6) is 0 Å². The number of hydrogen-bond donors (Lipinski definition) is 1. The van der Waals surface area contributed by atoms with Crippen molar-refractivity contribution in [2.45, 2.75) is 50.7 Å². The highest BCUT2D eigenvalue weighted by Gasteiger charge is 2.36. The number of oxime groups is 1. The molecule has 1 N–H and O–H groups in total. The summed E-state index contributed by atoms with van der Waals surface area (Å²) in [4.78, 5) is 4.08. The lowest BCUT2D eigenvalue weighted by molar-refractivity contribution is 0.0679. The average Bonchev–Trinajstić information content (AvgIpc) is 2.81. The molecular formula is C13H18N2OS. The molecule has 3 nitrogen and oxygen atoms in total. The van der Waals surface area contributed by atoms with Crippen molar-refractivity contribution in [2.75, 3.05) is 0 Å². The maximum Gasteiger partial charge on any atom is 0.0601 e. The van der Waals surface area contributed by atoms with Crippen molar-refractivity contribution < 1.29 is 5.21 Å². The molecule has 2 fully saturated rings. The summed E-state index contributed by atoms with van der Waals surface area (Å²) >= 11 is 1.84.